The number of ether oxygens (including phenoxy) is 1. The van der Waals surface area contributed by atoms with E-state index in [1.54, 1.807) is 0 Å². The van der Waals surface area contributed by atoms with Crippen LogP contribution in [-0.4, -0.2) is 41.6 Å². The number of hydrogen-bond donors (Lipinski definition) is 0. The van der Waals surface area contributed by atoms with Gasteiger partial charge in [0.1, 0.15) is 5.25 Å². The molecule has 168 valence electrons. The van der Waals surface area contributed by atoms with Gasteiger partial charge in [-0.3, -0.25) is 4.79 Å². The molecular weight excluding hydrogens is 413 g/mol. The number of esters is 1. The van der Waals surface area contributed by atoms with Crippen LogP contribution in [0.2, 0.25) is 0 Å². The summed E-state index contributed by atoms with van der Waals surface area (Å²) in [7, 11) is 0. The molecule has 1 unspecified atom stereocenters. The van der Waals surface area contributed by atoms with Crippen molar-refractivity contribution in [1.29, 1.82) is 0 Å². The first-order valence-electron chi connectivity index (χ1n) is 9.36. The van der Waals surface area contributed by atoms with Crippen LogP contribution >= 0.6 is 11.8 Å². The smallest absolute Gasteiger partial charge is 0.459 e. The number of carbonyl (C=O) groups is 1. The van der Waals surface area contributed by atoms with Crippen molar-refractivity contribution >= 4 is 17.7 Å². The summed E-state index contributed by atoms with van der Waals surface area (Å²) in [6, 6.07) is 0. The van der Waals surface area contributed by atoms with Gasteiger partial charge < -0.3 is 4.74 Å². The summed E-state index contributed by atoms with van der Waals surface area (Å²) in [6.07, 6.45) is -5.20. The molecule has 0 aromatic carbocycles. The lowest BCUT2D eigenvalue weighted by Gasteiger charge is -2.28. The van der Waals surface area contributed by atoms with Gasteiger partial charge in [-0.1, -0.05) is 40.0 Å². The van der Waals surface area contributed by atoms with Crippen LogP contribution in [0.3, 0.4) is 0 Å². The van der Waals surface area contributed by atoms with E-state index in [-0.39, 0.29) is 24.7 Å². The van der Waals surface area contributed by atoms with Gasteiger partial charge >= 0.3 is 24.0 Å². The fourth-order valence-corrected chi connectivity index (χ4v) is 3.42. The highest BCUT2D eigenvalue weighted by molar-refractivity contribution is 8.00. The summed E-state index contributed by atoms with van der Waals surface area (Å²) in [4.78, 5) is 12.1. The first kappa shape index (κ1) is 27.3. The molecule has 0 aliphatic heterocycles. The maximum absolute atomic E-state index is 13.2. The van der Waals surface area contributed by atoms with Gasteiger partial charge in [0.2, 0.25) is 0 Å². The number of alkyl halides is 7. The zero-order valence-corrected chi connectivity index (χ0v) is 17.2. The van der Waals surface area contributed by atoms with Crippen molar-refractivity contribution in [2.45, 2.75) is 89.0 Å². The second-order valence-electron chi connectivity index (χ2n) is 7.11. The van der Waals surface area contributed by atoms with Crippen molar-refractivity contribution in [3.05, 3.63) is 0 Å². The Morgan fingerprint density at radius 1 is 0.964 bits per heavy atom. The van der Waals surface area contributed by atoms with Gasteiger partial charge in [-0.05, 0) is 30.9 Å². The van der Waals surface area contributed by atoms with E-state index in [2.05, 4.69) is 0 Å². The normalized spacial score (nSPS) is 14.4. The molecule has 0 aromatic rings. The maximum atomic E-state index is 13.2. The lowest BCUT2D eigenvalue weighted by molar-refractivity contribution is -0.355. The highest BCUT2D eigenvalue weighted by Gasteiger charge is 2.72. The highest BCUT2D eigenvalue weighted by Crippen LogP contribution is 2.48. The summed E-state index contributed by atoms with van der Waals surface area (Å²) in [5.41, 5.74) is 0. The Hall–Kier alpha value is -0.670. The summed E-state index contributed by atoms with van der Waals surface area (Å²) in [5, 5.41) is -0.498. The number of unbranched alkanes of at least 4 members (excludes halogenated alkanes) is 3. The largest absolute Gasteiger partial charge is 0.465 e. The Bertz CT molecular complexity index is 454. The van der Waals surface area contributed by atoms with Crippen LogP contribution < -0.4 is 0 Å². The van der Waals surface area contributed by atoms with Crippen molar-refractivity contribution < 1.29 is 40.3 Å². The van der Waals surface area contributed by atoms with Gasteiger partial charge in [0.25, 0.3) is 0 Å². The van der Waals surface area contributed by atoms with E-state index < -0.39 is 42.1 Å². The van der Waals surface area contributed by atoms with Crippen molar-refractivity contribution in [3.63, 3.8) is 0 Å². The molecule has 0 spiro atoms. The fraction of sp³-hybridized carbons (Fsp3) is 0.944. The summed E-state index contributed by atoms with van der Waals surface area (Å²) in [5.74, 6) is -11.3. The fourth-order valence-electron chi connectivity index (χ4n) is 2.23. The first-order valence-corrected chi connectivity index (χ1v) is 10.4. The van der Waals surface area contributed by atoms with Gasteiger partial charge in [0.05, 0.1) is 6.61 Å². The number of thioether (sulfide) groups is 1. The number of halogens is 7. The minimum Gasteiger partial charge on any atom is -0.465 e. The molecule has 0 saturated carbocycles. The van der Waals surface area contributed by atoms with Crippen LogP contribution in [0, 0.1) is 5.92 Å². The molecule has 0 aliphatic carbocycles. The van der Waals surface area contributed by atoms with Gasteiger partial charge in [-0.2, -0.15) is 30.7 Å². The highest BCUT2D eigenvalue weighted by atomic mass is 32.2. The van der Waals surface area contributed by atoms with Crippen LogP contribution in [0.25, 0.3) is 0 Å². The van der Waals surface area contributed by atoms with E-state index in [4.69, 9.17) is 4.74 Å². The zero-order chi connectivity index (χ0) is 22.0. The third-order valence-electron chi connectivity index (χ3n) is 3.91. The maximum Gasteiger partial charge on any atom is 0.459 e. The lowest BCUT2D eigenvalue weighted by Crippen LogP contribution is -2.51. The molecule has 0 bridgehead atoms. The van der Waals surface area contributed by atoms with E-state index in [1.165, 1.54) is 11.8 Å². The second kappa shape index (κ2) is 12.1. The molecule has 10 heteroatoms. The Morgan fingerprint density at radius 2 is 1.57 bits per heavy atom. The van der Waals surface area contributed by atoms with Crippen molar-refractivity contribution in [3.8, 4) is 0 Å². The Balaban J connectivity index is 4.50. The van der Waals surface area contributed by atoms with E-state index in [0.29, 0.717) is 6.42 Å². The minimum absolute atomic E-state index is 0.00404. The molecule has 0 radical (unpaired) electrons. The summed E-state index contributed by atoms with van der Waals surface area (Å²) in [6.45, 7) is 6.01. The molecule has 0 aromatic heterocycles. The number of carbonyl (C=O) groups excluding carboxylic acids is 1. The Labute approximate surface area is 166 Å². The van der Waals surface area contributed by atoms with Gasteiger partial charge in [-0.15, -0.1) is 11.8 Å². The van der Waals surface area contributed by atoms with E-state index in [0.717, 1.165) is 19.3 Å². The van der Waals surface area contributed by atoms with Gasteiger partial charge in [0.15, 0.2) is 0 Å². The predicted molar refractivity (Wildman–Crippen MR) is 96.0 cm³/mol. The molecule has 0 rings (SSSR count). The minimum atomic E-state index is -6.30. The Morgan fingerprint density at radius 3 is 2.07 bits per heavy atom. The summed E-state index contributed by atoms with van der Waals surface area (Å²) >= 11 is 1.17. The lowest BCUT2D eigenvalue weighted by atomic mass is 10.0. The monoisotopic (exact) mass is 442 g/mol. The topological polar surface area (TPSA) is 26.3 Å². The van der Waals surface area contributed by atoms with E-state index >= 15 is 0 Å². The van der Waals surface area contributed by atoms with Crippen molar-refractivity contribution in [2.24, 2.45) is 5.92 Å². The van der Waals surface area contributed by atoms with Crippen molar-refractivity contribution in [1.82, 2.24) is 0 Å². The number of hydrogen-bond acceptors (Lipinski definition) is 3. The Kier molecular flexibility index (Phi) is 11.8. The summed E-state index contributed by atoms with van der Waals surface area (Å²) < 4.78 is 93.6. The zero-order valence-electron chi connectivity index (χ0n) is 16.4. The van der Waals surface area contributed by atoms with Crippen LogP contribution in [0.4, 0.5) is 30.7 Å². The van der Waals surface area contributed by atoms with Crippen LogP contribution in [0.15, 0.2) is 0 Å². The third-order valence-corrected chi connectivity index (χ3v) is 5.27. The van der Waals surface area contributed by atoms with E-state index in [1.807, 2.05) is 20.8 Å². The SMILES string of the molecule is CCCCCC(SCCCCC(F)(F)C(F)(F)C(F)(F)F)C(=O)OCC(C)C. The molecule has 2 nitrogen and oxygen atoms in total. The molecular formula is C18H29F7O2S. The number of rotatable bonds is 14. The van der Waals surface area contributed by atoms with Crippen LogP contribution in [0.5, 0.6) is 0 Å². The quantitative estimate of drug-likeness (QED) is 0.167. The second-order valence-corrected chi connectivity index (χ2v) is 8.42. The molecule has 0 amide bonds. The average Bonchev–Trinajstić information content (AvgIpc) is 2.56. The standard InChI is InChI=1S/C18H29F7O2S/c1-4-5-6-9-14(15(26)27-12-13(2)3)28-11-8-7-10-16(19,20)17(21,22)18(23,24)25/h13-14H,4-12H2,1-3H3. The molecule has 0 N–H and O–H groups in total. The molecule has 0 fully saturated rings. The molecule has 0 aliphatic rings. The molecule has 28 heavy (non-hydrogen) atoms. The third kappa shape index (κ3) is 9.22. The average molecular weight is 442 g/mol. The molecule has 0 heterocycles. The van der Waals surface area contributed by atoms with Crippen LogP contribution in [0.1, 0.15) is 65.7 Å². The van der Waals surface area contributed by atoms with Gasteiger partial charge in [-0.25, -0.2) is 0 Å². The molecule has 0 saturated heterocycles. The van der Waals surface area contributed by atoms with Crippen LogP contribution in [-0.2, 0) is 9.53 Å². The van der Waals surface area contributed by atoms with E-state index in [9.17, 15) is 35.5 Å². The van der Waals surface area contributed by atoms with Gasteiger partial charge in [0, 0.05) is 6.42 Å². The van der Waals surface area contributed by atoms with Crippen molar-refractivity contribution in [2.75, 3.05) is 12.4 Å². The first-order chi connectivity index (χ1) is 12.8. The molecule has 1 atom stereocenters. The predicted octanol–water partition coefficient (Wildman–Crippen LogP) is 6.87.